The second-order valence-electron chi connectivity index (χ2n) is 3.31. The topological polar surface area (TPSA) is 63.3 Å². The highest BCUT2D eigenvalue weighted by Gasteiger charge is 2.13. The molecule has 0 saturated carbocycles. The van der Waals surface area contributed by atoms with Crippen LogP contribution in [-0.4, -0.2) is 23.9 Å². The summed E-state index contributed by atoms with van der Waals surface area (Å²) in [5.74, 6) is -0.894. The molecule has 0 radical (unpaired) electrons. The predicted octanol–water partition coefficient (Wildman–Crippen LogP) is 1.93. The van der Waals surface area contributed by atoms with Gasteiger partial charge < -0.3 is 10.8 Å². The lowest BCUT2D eigenvalue weighted by Gasteiger charge is -2.13. The van der Waals surface area contributed by atoms with Gasteiger partial charge >= 0.3 is 5.97 Å². The maximum Gasteiger partial charge on any atom is 0.304 e. The van der Waals surface area contributed by atoms with Gasteiger partial charge in [-0.2, -0.15) is 0 Å². The molecule has 0 spiro atoms. The van der Waals surface area contributed by atoms with E-state index in [1.165, 1.54) is 0 Å². The molecule has 0 aliphatic heterocycles. The average molecular weight is 225 g/mol. The molecular formula is C11H15NO2S. The molecule has 82 valence electrons. The number of carboxylic acid groups (broad SMARTS) is 1. The molecule has 1 atom stereocenters. The molecule has 1 rings (SSSR count). The number of aliphatic carboxylic acids is 1. The summed E-state index contributed by atoms with van der Waals surface area (Å²) in [4.78, 5) is 11.8. The van der Waals surface area contributed by atoms with Crippen molar-refractivity contribution in [1.82, 2.24) is 0 Å². The molecule has 3 N–H and O–H groups in total. The zero-order valence-corrected chi connectivity index (χ0v) is 9.46. The third-order valence-corrected chi connectivity index (χ3v) is 3.00. The van der Waals surface area contributed by atoms with E-state index in [2.05, 4.69) is 0 Å². The van der Waals surface area contributed by atoms with E-state index in [1.807, 2.05) is 30.5 Å². The van der Waals surface area contributed by atoms with Crippen molar-refractivity contribution in [3.63, 3.8) is 0 Å². The quantitative estimate of drug-likeness (QED) is 0.751. The standard InChI is InChI=1S/C11H15NO2S/c1-15-10-4-2-3-8(5-10)9(7-12)6-11(13)14/h2-5,9H,6-7,12H2,1H3,(H,13,14). The normalized spacial score (nSPS) is 12.4. The Labute approximate surface area is 93.7 Å². The first-order chi connectivity index (χ1) is 7.17. The van der Waals surface area contributed by atoms with Gasteiger partial charge in [0.15, 0.2) is 0 Å². The molecule has 0 saturated heterocycles. The van der Waals surface area contributed by atoms with Crippen LogP contribution in [0.5, 0.6) is 0 Å². The van der Waals surface area contributed by atoms with Crippen molar-refractivity contribution >= 4 is 17.7 Å². The number of hydrogen-bond donors (Lipinski definition) is 2. The van der Waals surface area contributed by atoms with Crippen molar-refractivity contribution in [2.45, 2.75) is 17.2 Å². The molecule has 0 bridgehead atoms. The number of benzene rings is 1. The van der Waals surface area contributed by atoms with Crippen molar-refractivity contribution < 1.29 is 9.90 Å². The summed E-state index contributed by atoms with van der Waals surface area (Å²) in [6.45, 7) is 0.365. The van der Waals surface area contributed by atoms with E-state index in [1.54, 1.807) is 11.8 Å². The van der Waals surface area contributed by atoms with Crippen LogP contribution >= 0.6 is 11.8 Å². The van der Waals surface area contributed by atoms with Gasteiger partial charge in [-0.25, -0.2) is 0 Å². The van der Waals surface area contributed by atoms with Gasteiger partial charge in [-0.15, -0.1) is 11.8 Å². The third kappa shape index (κ3) is 3.57. The van der Waals surface area contributed by atoms with Gasteiger partial charge in [0.2, 0.25) is 0 Å². The molecule has 3 nitrogen and oxygen atoms in total. The summed E-state index contributed by atoms with van der Waals surface area (Å²) < 4.78 is 0. The summed E-state index contributed by atoms with van der Waals surface area (Å²) in [5.41, 5.74) is 6.58. The summed E-state index contributed by atoms with van der Waals surface area (Å²) in [6, 6.07) is 7.87. The smallest absolute Gasteiger partial charge is 0.304 e. The number of carboxylic acids is 1. The monoisotopic (exact) mass is 225 g/mol. The zero-order valence-electron chi connectivity index (χ0n) is 8.64. The Morgan fingerprint density at radius 1 is 1.60 bits per heavy atom. The Morgan fingerprint density at radius 3 is 2.87 bits per heavy atom. The van der Waals surface area contributed by atoms with Crippen LogP contribution in [-0.2, 0) is 4.79 Å². The highest BCUT2D eigenvalue weighted by atomic mass is 32.2. The molecule has 1 unspecified atom stereocenters. The van der Waals surface area contributed by atoms with Crippen molar-refractivity contribution in [2.75, 3.05) is 12.8 Å². The molecule has 0 amide bonds. The van der Waals surface area contributed by atoms with E-state index in [0.29, 0.717) is 6.54 Å². The number of thioether (sulfide) groups is 1. The SMILES string of the molecule is CSc1cccc(C(CN)CC(=O)O)c1. The highest BCUT2D eigenvalue weighted by molar-refractivity contribution is 7.98. The lowest BCUT2D eigenvalue weighted by molar-refractivity contribution is -0.137. The fourth-order valence-electron chi connectivity index (χ4n) is 1.44. The fourth-order valence-corrected chi connectivity index (χ4v) is 1.91. The van der Waals surface area contributed by atoms with E-state index < -0.39 is 5.97 Å². The summed E-state index contributed by atoms with van der Waals surface area (Å²) in [5, 5.41) is 8.74. The minimum Gasteiger partial charge on any atom is -0.481 e. The highest BCUT2D eigenvalue weighted by Crippen LogP contribution is 2.23. The van der Waals surface area contributed by atoms with Gasteiger partial charge in [0.1, 0.15) is 0 Å². The molecule has 4 heteroatoms. The Kier molecular flexibility index (Phi) is 4.65. The van der Waals surface area contributed by atoms with E-state index in [4.69, 9.17) is 10.8 Å². The van der Waals surface area contributed by atoms with Crippen molar-refractivity contribution in [2.24, 2.45) is 5.73 Å². The molecule has 15 heavy (non-hydrogen) atoms. The second-order valence-corrected chi connectivity index (χ2v) is 4.19. The summed E-state index contributed by atoms with van der Waals surface area (Å²) in [6.07, 6.45) is 2.09. The first-order valence-corrected chi connectivity index (χ1v) is 5.95. The van der Waals surface area contributed by atoms with Gasteiger partial charge in [0, 0.05) is 10.8 Å². The van der Waals surface area contributed by atoms with Crippen molar-refractivity contribution in [3.05, 3.63) is 29.8 Å². The molecule has 1 aromatic rings. The van der Waals surface area contributed by atoms with Crippen LogP contribution in [0.3, 0.4) is 0 Å². The minimum absolute atomic E-state index is 0.0883. The van der Waals surface area contributed by atoms with Gasteiger partial charge in [0.25, 0.3) is 0 Å². The molecule has 0 aromatic heterocycles. The van der Waals surface area contributed by atoms with Gasteiger partial charge in [0.05, 0.1) is 6.42 Å². The van der Waals surface area contributed by atoms with E-state index in [9.17, 15) is 4.79 Å². The largest absolute Gasteiger partial charge is 0.481 e. The van der Waals surface area contributed by atoms with Crippen molar-refractivity contribution in [3.8, 4) is 0 Å². The first kappa shape index (κ1) is 12.1. The van der Waals surface area contributed by atoms with Crippen LogP contribution in [0.1, 0.15) is 17.9 Å². The molecule has 1 aromatic carbocycles. The molecule has 0 fully saturated rings. The molecular weight excluding hydrogens is 210 g/mol. The van der Waals surface area contributed by atoms with E-state index in [0.717, 1.165) is 10.5 Å². The Balaban J connectivity index is 2.85. The van der Waals surface area contributed by atoms with Crippen LogP contribution < -0.4 is 5.73 Å². The number of carbonyl (C=O) groups is 1. The Bertz CT molecular complexity index is 341. The maximum atomic E-state index is 10.6. The first-order valence-electron chi connectivity index (χ1n) is 4.73. The third-order valence-electron chi connectivity index (χ3n) is 2.27. The van der Waals surface area contributed by atoms with E-state index in [-0.39, 0.29) is 12.3 Å². The molecule has 0 heterocycles. The second kappa shape index (κ2) is 5.78. The zero-order chi connectivity index (χ0) is 11.3. The molecule has 0 aliphatic carbocycles. The Morgan fingerprint density at radius 2 is 2.33 bits per heavy atom. The number of hydrogen-bond acceptors (Lipinski definition) is 3. The number of rotatable bonds is 5. The van der Waals surface area contributed by atoms with Crippen molar-refractivity contribution in [1.29, 1.82) is 0 Å². The van der Waals surface area contributed by atoms with Crippen LogP contribution in [0.4, 0.5) is 0 Å². The average Bonchev–Trinajstić information content (AvgIpc) is 2.25. The van der Waals surface area contributed by atoms with Gasteiger partial charge in [-0.3, -0.25) is 4.79 Å². The van der Waals surface area contributed by atoms with Crippen LogP contribution in [0.2, 0.25) is 0 Å². The van der Waals surface area contributed by atoms with Gasteiger partial charge in [-0.05, 0) is 30.5 Å². The summed E-state index contributed by atoms with van der Waals surface area (Å²) >= 11 is 1.64. The fraction of sp³-hybridized carbons (Fsp3) is 0.364. The summed E-state index contributed by atoms with van der Waals surface area (Å²) in [7, 11) is 0. The van der Waals surface area contributed by atoms with Crippen LogP contribution in [0.15, 0.2) is 29.2 Å². The number of nitrogens with two attached hydrogens (primary N) is 1. The lowest BCUT2D eigenvalue weighted by atomic mass is 9.96. The molecule has 0 aliphatic rings. The Hall–Kier alpha value is -1.00. The van der Waals surface area contributed by atoms with Gasteiger partial charge in [-0.1, -0.05) is 12.1 Å². The minimum atomic E-state index is -0.806. The van der Waals surface area contributed by atoms with Crippen LogP contribution in [0, 0.1) is 0 Å². The lowest BCUT2D eigenvalue weighted by Crippen LogP contribution is -2.16. The predicted molar refractivity (Wildman–Crippen MR) is 62.3 cm³/mol. The van der Waals surface area contributed by atoms with Crippen LogP contribution in [0.25, 0.3) is 0 Å². The maximum absolute atomic E-state index is 10.6. The van der Waals surface area contributed by atoms with E-state index >= 15 is 0 Å².